The highest BCUT2D eigenvalue weighted by Gasteiger charge is 2.24. The summed E-state index contributed by atoms with van der Waals surface area (Å²) in [7, 11) is 0. The molecule has 1 aromatic heterocycles. The molecule has 29 heavy (non-hydrogen) atoms. The number of rotatable bonds is 9. The maximum absolute atomic E-state index is 12.2. The SMILES string of the molecule is O=C(C[NH+]1CC[NH+](Cc2ccccc2)CC1)NCCNc1ccc([N+](=O)[O-])c[nH+]1. The lowest BCUT2D eigenvalue weighted by molar-refractivity contribution is -1.02. The number of hydrogen-bond donors (Lipinski definition) is 4. The van der Waals surface area contributed by atoms with Gasteiger partial charge in [-0.05, 0) is 0 Å². The molecule has 0 radical (unpaired) electrons. The van der Waals surface area contributed by atoms with Crippen molar-refractivity contribution in [3.8, 4) is 0 Å². The Bertz CT molecular complexity index is 792. The normalized spacial score (nSPS) is 18.8. The highest BCUT2D eigenvalue weighted by molar-refractivity contribution is 5.76. The van der Waals surface area contributed by atoms with E-state index in [-0.39, 0.29) is 11.6 Å². The van der Waals surface area contributed by atoms with Crippen molar-refractivity contribution in [1.82, 2.24) is 5.32 Å². The molecule has 2 heterocycles. The van der Waals surface area contributed by atoms with Gasteiger partial charge in [0.1, 0.15) is 39.3 Å². The molecule has 3 rings (SSSR count). The van der Waals surface area contributed by atoms with Crippen LogP contribution in [0.25, 0.3) is 0 Å². The summed E-state index contributed by atoms with van der Waals surface area (Å²) in [5.41, 5.74) is 1.37. The van der Waals surface area contributed by atoms with E-state index in [1.54, 1.807) is 11.0 Å². The predicted molar refractivity (Wildman–Crippen MR) is 108 cm³/mol. The zero-order chi connectivity index (χ0) is 20.5. The minimum Gasteiger partial charge on any atom is -0.347 e. The monoisotopic (exact) mass is 401 g/mol. The highest BCUT2D eigenvalue weighted by Crippen LogP contribution is 2.07. The number of carbonyl (C=O) groups excluding carboxylic acids is 1. The number of anilines is 1. The molecule has 9 nitrogen and oxygen atoms in total. The number of benzene rings is 1. The second-order valence-corrected chi connectivity index (χ2v) is 7.33. The minimum absolute atomic E-state index is 0.0116. The van der Waals surface area contributed by atoms with E-state index >= 15 is 0 Å². The molecule has 1 saturated heterocycles. The molecule has 0 aliphatic carbocycles. The lowest BCUT2D eigenvalue weighted by Crippen LogP contribution is -3.28. The fraction of sp³-hybridized carbons (Fsp3) is 0.400. The molecule has 1 amide bonds. The van der Waals surface area contributed by atoms with Crippen LogP contribution in [0.1, 0.15) is 5.56 Å². The van der Waals surface area contributed by atoms with Gasteiger partial charge in [0.05, 0.1) is 11.5 Å². The van der Waals surface area contributed by atoms with Gasteiger partial charge in [0.25, 0.3) is 11.7 Å². The van der Waals surface area contributed by atoms with Gasteiger partial charge >= 0.3 is 5.69 Å². The molecule has 5 N–H and O–H groups in total. The Morgan fingerprint density at radius 1 is 1.03 bits per heavy atom. The molecule has 2 aromatic rings. The summed E-state index contributed by atoms with van der Waals surface area (Å²) in [6.45, 7) is 6.77. The van der Waals surface area contributed by atoms with Gasteiger partial charge in [0.2, 0.25) is 0 Å². The third-order valence-corrected chi connectivity index (χ3v) is 5.14. The average molecular weight is 401 g/mol. The van der Waals surface area contributed by atoms with E-state index in [0.29, 0.717) is 25.5 Å². The molecule has 0 atom stereocenters. The van der Waals surface area contributed by atoms with E-state index in [9.17, 15) is 14.9 Å². The molecule has 154 valence electrons. The zero-order valence-electron chi connectivity index (χ0n) is 16.4. The van der Waals surface area contributed by atoms with Crippen LogP contribution in [-0.4, -0.2) is 56.6 Å². The van der Waals surface area contributed by atoms with Crippen molar-refractivity contribution >= 4 is 17.4 Å². The van der Waals surface area contributed by atoms with Gasteiger partial charge in [-0.3, -0.25) is 20.2 Å². The van der Waals surface area contributed by atoms with Crippen LogP contribution in [-0.2, 0) is 11.3 Å². The van der Waals surface area contributed by atoms with Crippen LogP contribution in [0.3, 0.4) is 0 Å². The molecular formula is C20H29N6O3+3. The Morgan fingerprint density at radius 2 is 1.76 bits per heavy atom. The number of quaternary nitrogens is 2. The van der Waals surface area contributed by atoms with E-state index in [1.807, 2.05) is 6.07 Å². The van der Waals surface area contributed by atoms with Crippen molar-refractivity contribution in [1.29, 1.82) is 0 Å². The maximum atomic E-state index is 12.2. The summed E-state index contributed by atoms with van der Waals surface area (Å²) >= 11 is 0. The smallest absolute Gasteiger partial charge is 0.308 e. The quantitative estimate of drug-likeness (QED) is 0.220. The number of nitrogens with one attached hydrogen (secondary N) is 5. The summed E-state index contributed by atoms with van der Waals surface area (Å²) in [6, 6.07) is 13.6. The average Bonchev–Trinajstić information content (AvgIpc) is 2.74. The van der Waals surface area contributed by atoms with Gasteiger partial charge in [-0.15, -0.1) is 0 Å². The number of hydrogen-bond acceptors (Lipinski definition) is 4. The molecular weight excluding hydrogens is 372 g/mol. The first-order chi connectivity index (χ1) is 14.1. The molecule has 1 fully saturated rings. The van der Waals surface area contributed by atoms with Crippen LogP contribution in [0.15, 0.2) is 48.7 Å². The van der Waals surface area contributed by atoms with Gasteiger partial charge in [-0.2, -0.15) is 0 Å². The standard InChI is InChI=1S/C20H26N6O3/c27-20(22-9-8-21-19-7-6-18(14-23-19)26(28)29)16-25-12-10-24(11-13-25)15-17-4-2-1-3-5-17/h1-7,14H,8-13,15-16H2,(H,21,23)(H,22,27)/p+3. The van der Waals surface area contributed by atoms with Crippen molar-refractivity contribution in [2.24, 2.45) is 0 Å². The van der Waals surface area contributed by atoms with Crippen LogP contribution in [0.2, 0.25) is 0 Å². The summed E-state index contributed by atoms with van der Waals surface area (Å²) in [4.78, 5) is 28.1. The lowest BCUT2D eigenvalue weighted by Gasteiger charge is -2.29. The van der Waals surface area contributed by atoms with Crippen molar-refractivity contribution in [3.05, 3.63) is 64.3 Å². The first-order valence-electron chi connectivity index (χ1n) is 9.98. The van der Waals surface area contributed by atoms with Crippen LogP contribution in [0.4, 0.5) is 11.5 Å². The van der Waals surface area contributed by atoms with Gasteiger partial charge in [-0.1, -0.05) is 30.3 Å². The molecule has 0 spiro atoms. The second-order valence-electron chi connectivity index (χ2n) is 7.33. The third-order valence-electron chi connectivity index (χ3n) is 5.14. The Kier molecular flexibility index (Phi) is 7.48. The topological polar surface area (TPSA) is 107 Å². The minimum atomic E-state index is -0.453. The van der Waals surface area contributed by atoms with Crippen molar-refractivity contribution in [2.75, 3.05) is 51.1 Å². The summed E-state index contributed by atoms with van der Waals surface area (Å²) in [5, 5.41) is 16.7. The van der Waals surface area contributed by atoms with Gasteiger partial charge in [0.15, 0.2) is 12.7 Å². The summed E-state index contributed by atoms with van der Waals surface area (Å²) in [6.07, 6.45) is 1.34. The van der Waals surface area contributed by atoms with E-state index < -0.39 is 4.92 Å². The summed E-state index contributed by atoms with van der Waals surface area (Å²) in [5.74, 6) is 0.731. The van der Waals surface area contributed by atoms with Gasteiger partial charge in [0, 0.05) is 17.7 Å². The number of H-pyrrole nitrogens is 1. The van der Waals surface area contributed by atoms with E-state index in [0.717, 1.165) is 32.7 Å². The zero-order valence-corrected chi connectivity index (χ0v) is 16.4. The molecule has 0 bridgehead atoms. The van der Waals surface area contributed by atoms with Gasteiger partial charge in [-0.25, -0.2) is 4.98 Å². The highest BCUT2D eigenvalue weighted by atomic mass is 16.6. The molecule has 1 aliphatic rings. The Hall–Kier alpha value is -3.04. The molecule has 0 unspecified atom stereocenters. The number of aromatic nitrogens is 1. The number of piperazine rings is 1. The Balaban J connectivity index is 1.28. The number of pyridine rings is 1. The molecule has 9 heteroatoms. The second kappa shape index (κ2) is 10.5. The predicted octanol–water partition coefficient (Wildman–Crippen LogP) is -2.08. The van der Waals surface area contributed by atoms with E-state index in [1.165, 1.54) is 22.7 Å². The lowest BCUT2D eigenvalue weighted by atomic mass is 10.2. The van der Waals surface area contributed by atoms with Crippen LogP contribution in [0, 0.1) is 10.1 Å². The van der Waals surface area contributed by atoms with Crippen LogP contribution in [0.5, 0.6) is 0 Å². The number of carbonyl (C=O) groups is 1. The van der Waals surface area contributed by atoms with E-state index in [2.05, 4.69) is 39.9 Å². The largest absolute Gasteiger partial charge is 0.347 e. The summed E-state index contributed by atoms with van der Waals surface area (Å²) < 4.78 is 0. The maximum Gasteiger partial charge on any atom is 0.308 e. The fourth-order valence-corrected chi connectivity index (χ4v) is 3.52. The van der Waals surface area contributed by atoms with Crippen molar-refractivity contribution in [2.45, 2.75) is 6.54 Å². The van der Waals surface area contributed by atoms with Crippen molar-refractivity contribution < 1.29 is 24.5 Å². The number of nitro groups is 1. The molecule has 1 aliphatic heterocycles. The fourth-order valence-electron chi connectivity index (χ4n) is 3.52. The first kappa shape index (κ1) is 20.7. The number of amides is 1. The Labute approximate surface area is 169 Å². The van der Waals surface area contributed by atoms with Gasteiger partial charge < -0.3 is 15.1 Å². The molecule has 0 saturated carbocycles. The number of nitrogens with zero attached hydrogens (tertiary/aromatic N) is 1. The Morgan fingerprint density at radius 3 is 2.41 bits per heavy atom. The first-order valence-corrected chi connectivity index (χ1v) is 9.98. The van der Waals surface area contributed by atoms with E-state index in [4.69, 9.17) is 0 Å². The van der Waals surface area contributed by atoms with Crippen molar-refractivity contribution in [3.63, 3.8) is 0 Å². The molecule has 1 aromatic carbocycles. The number of aromatic amines is 1. The van der Waals surface area contributed by atoms with Crippen LogP contribution >= 0.6 is 0 Å². The third kappa shape index (κ3) is 6.81. The van der Waals surface area contributed by atoms with Crippen LogP contribution < -0.4 is 25.4 Å².